The monoisotopic (exact) mass is 453 g/mol. The zero-order valence-electron chi connectivity index (χ0n) is 16.0. The number of ether oxygens (including phenoxy) is 2. The molecule has 0 bridgehead atoms. The second kappa shape index (κ2) is 9.33. The summed E-state index contributed by atoms with van der Waals surface area (Å²) >= 11 is 6.07. The highest BCUT2D eigenvalue weighted by atomic mass is 35.5. The number of hydrogen-bond acceptors (Lipinski definition) is 6. The predicted molar refractivity (Wildman–Crippen MR) is 110 cm³/mol. The van der Waals surface area contributed by atoms with E-state index < -0.39 is 15.9 Å². The van der Waals surface area contributed by atoms with Gasteiger partial charge in [0, 0.05) is 12.2 Å². The summed E-state index contributed by atoms with van der Waals surface area (Å²) in [6.45, 7) is 0.781. The fourth-order valence-electron chi connectivity index (χ4n) is 2.81. The first kappa shape index (κ1) is 21.9. The van der Waals surface area contributed by atoms with Gasteiger partial charge < -0.3 is 9.47 Å². The summed E-state index contributed by atoms with van der Waals surface area (Å²) in [6, 6.07) is 10.2. The number of methoxy groups -OCH3 is 1. The zero-order chi connectivity index (χ0) is 21.7. The number of amides is 2. The van der Waals surface area contributed by atoms with Gasteiger partial charge in [0.1, 0.15) is 10.6 Å². The third-order valence-corrected chi connectivity index (χ3v) is 6.28. The molecule has 160 valence electrons. The topological polar surface area (TPSA) is 123 Å². The molecule has 9 nitrogen and oxygen atoms in total. The van der Waals surface area contributed by atoms with Crippen molar-refractivity contribution in [1.82, 2.24) is 10.9 Å². The smallest absolute Gasteiger partial charge is 0.269 e. The fourth-order valence-corrected chi connectivity index (χ4v) is 4.41. The minimum Gasteiger partial charge on any atom is -0.495 e. The highest BCUT2D eigenvalue weighted by Gasteiger charge is 2.25. The Kier molecular flexibility index (Phi) is 6.80. The lowest BCUT2D eigenvalue weighted by molar-refractivity contribution is -0.125. The van der Waals surface area contributed by atoms with Gasteiger partial charge in [-0.05, 0) is 36.8 Å². The first-order valence-electron chi connectivity index (χ1n) is 8.95. The van der Waals surface area contributed by atoms with Gasteiger partial charge in [-0.2, -0.15) is 0 Å². The van der Waals surface area contributed by atoms with Gasteiger partial charge in [-0.3, -0.25) is 25.2 Å². The zero-order valence-corrected chi connectivity index (χ0v) is 17.5. The maximum absolute atomic E-state index is 12.8. The van der Waals surface area contributed by atoms with Crippen LogP contribution >= 0.6 is 11.6 Å². The van der Waals surface area contributed by atoms with E-state index in [2.05, 4.69) is 15.6 Å². The van der Waals surface area contributed by atoms with Crippen LogP contribution < -0.4 is 20.3 Å². The molecule has 2 aromatic rings. The summed E-state index contributed by atoms with van der Waals surface area (Å²) in [6.07, 6.45) is 0.569. The molecule has 2 amide bonds. The van der Waals surface area contributed by atoms with Gasteiger partial charge in [-0.15, -0.1) is 0 Å². The summed E-state index contributed by atoms with van der Waals surface area (Å²) in [4.78, 5) is 24.1. The number of carbonyl (C=O) groups excluding carboxylic acids is 2. The molecule has 0 aromatic heterocycles. The van der Waals surface area contributed by atoms with E-state index in [1.807, 2.05) is 0 Å². The number of sulfonamides is 1. The minimum atomic E-state index is -4.12. The summed E-state index contributed by atoms with van der Waals surface area (Å²) in [5.74, 6) is -1.07. The number of nitrogens with one attached hydrogen (secondary N) is 3. The Morgan fingerprint density at radius 2 is 1.93 bits per heavy atom. The molecule has 1 saturated heterocycles. The van der Waals surface area contributed by atoms with Gasteiger partial charge in [0.25, 0.3) is 15.9 Å². The molecular formula is C19H20ClN3O6S. The number of benzene rings is 2. The van der Waals surface area contributed by atoms with Crippen molar-refractivity contribution in [2.24, 2.45) is 5.92 Å². The Morgan fingerprint density at radius 1 is 1.17 bits per heavy atom. The van der Waals surface area contributed by atoms with Crippen molar-refractivity contribution in [1.29, 1.82) is 0 Å². The number of carbonyl (C=O) groups is 2. The molecular weight excluding hydrogens is 434 g/mol. The Bertz CT molecular complexity index is 1050. The van der Waals surface area contributed by atoms with Crippen molar-refractivity contribution in [2.75, 3.05) is 25.0 Å². The standard InChI is InChI=1S/C19H20ClN3O6S/c1-28-16-5-3-2-4-15(16)23-30(26,27)17-10-12(6-7-14(17)20)18(24)21-22-19(25)13-8-9-29-11-13/h2-7,10,13,23H,8-9,11H2,1H3,(H,21,24)(H,22,25). The molecule has 0 spiro atoms. The van der Waals surface area contributed by atoms with Crippen LogP contribution in [0.2, 0.25) is 5.02 Å². The largest absolute Gasteiger partial charge is 0.495 e. The van der Waals surface area contributed by atoms with Crippen LogP contribution in [0.5, 0.6) is 5.75 Å². The predicted octanol–water partition coefficient (Wildman–Crippen LogP) is 1.95. The molecule has 1 aliphatic rings. The summed E-state index contributed by atoms with van der Waals surface area (Å²) in [7, 11) is -2.71. The van der Waals surface area contributed by atoms with E-state index in [-0.39, 0.29) is 33.0 Å². The molecule has 0 aliphatic carbocycles. The van der Waals surface area contributed by atoms with Crippen LogP contribution in [0.25, 0.3) is 0 Å². The molecule has 3 N–H and O–H groups in total. The third-order valence-electron chi connectivity index (χ3n) is 4.43. The SMILES string of the molecule is COc1ccccc1NS(=O)(=O)c1cc(C(=O)NNC(=O)C2CCOC2)ccc1Cl. The maximum Gasteiger partial charge on any atom is 0.269 e. The van der Waals surface area contributed by atoms with Gasteiger partial charge in [0.2, 0.25) is 5.91 Å². The molecule has 1 atom stereocenters. The van der Waals surface area contributed by atoms with Crippen LogP contribution in [0.4, 0.5) is 5.69 Å². The van der Waals surface area contributed by atoms with Crippen molar-refractivity contribution < 1.29 is 27.5 Å². The van der Waals surface area contributed by atoms with Crippen LogP contribution in [-0.2, 0) is 19.6 Å². The molecule has 11 heteroatoms. The Labute approximate surface area is 178 Å². The fraction of sp³-hybridized carbons (Fsp3) is 0.263. The van der Waals surface area contributed by atoms with Crippen LogP contribution in [0.1, 0.15) is 16.8 Å². The van der Waals surface area contributed by atoms with Crippen molar-refractivity contribution in [3.63, 3.8) is 0 Å². The van der Waals surface area contributed by atoms with E-state index in [4.69, 9.17) is 21.1 Å². The summed E-state index contributed by atoms with van der Waals surface area (Å²) < 4.78 is 38.3. The van der Waals surface area contributed by atoms with Gasteiger partial charge in [-0.1, -0.05) is 23.7 Å². The molecule has 3 rings (SSSR count). The minimum absolute atomic E-state index is 0.00257. The second-order valence-electron chi connectivity index (χ2n) is 6.45. The lowest BCUT2D eigenvalue weighted by Gasteiger charge is -2.14. The second-order valence-corrected chi connectivity index (χ2v) is 8.51. The average molecular weight is 454 g/mol. The van der Waals surface area contributed by atoms with Crippen molar-refractivity contribution in [3.8, 4) is 5.75 Å². The number of halogens is 1. The number of anilines is 1. The Hall–Kier alpha value is -2.82. The van der Waals surface area contributed by atoms with Crippen LogP contribution in [0.15, 0.2) is 47.4 Å². The van der Waals surface area contributed by atoms with Crippen LogP contribution in [0.3, 0.4) is 0 Å². The van der Waals surface area contributed by atoms with Crippen LogP contribution in [0, 0.1) is 5.92 Å². The number of hydrogen-bond donors (Lipinski definition) is 3. The van der Waals surface area contributed by atoms with Crippen molar-refractivity contribution in [3.05, 3.63) is 53.1 Å². The molecule has 1 unspecified atom stereocenters. The van der Waals surface area contributed by atoms with E-state index in [1.54, 1.807) is 18.2 Å². The summed E-state index contributed by atoms with van der Waals surface area (Å²) in [5, 5.41) is -0.0684. The first-order valence-corrected chi connectivity index (χ1v) is 10.8. The number of para-hydroxylation sites is 2. The number of rotatable bonds is 6. The molecule has 30 heavy (non-hydrogen) atoms. The van der Waals surface area contributed by atoms with Gasteiger partial charge >= 0.3 is 0 Å². The molecule has 0 radical (unpaired) electrons. The molecule has 1 fully saturated rings. The van der Waals surface area contributed by atoms with E-state index in [0.29, 0.717) is 25.4 Å². The lowest BCUT2D eigenvalue weighted by Crippen LogP contribution is -2.44. The van der Waals surface area contributed by atoms with E-state index in [0.717, 1.165) is 6.07 Å². The lowest BCUT2D eigenvalue weighted by atomic mass is 10.1. The molecule has 1 aliphatic heterocycles. The van der Waals surface area contributed by atoms with Crippen LogP contribution in [-0.4, -0.2) is 40.6 Å². The first-order chi connectivity index (χ1) is 14.3. The normalized spacial score (nSPS) is 16.0. The van der Waals surface area contributed by atoms with E-state index in [9.17, 15) is 18.0 Å². The van der Waals surface area contributed by atoms with Gasteiger partial charge in [0.05, 0.1) is 30.3 Å². The van der Waals surface area contributed by atoms with Gasteiger partial charge in [0.15, 0.2) is 0 Å². The highest BCUT2D eigenvalue weighted by Crippen LogP contribution is 2.29. The maximum atomic E-state index is 12.8. The Balaban J connectivity index is 1.76. The highest BCUT2D eigenvalue weighted by molar-refractivity contribution is 7.92. The molecule has 1 heterocycles. The third kappa shape index (κ3) is 5.02. The molecule has 2 aromatic carbocycles. The quantitative estimate of drug-likeness (QED) is 0.574. The molecule has 0 saturated carbocycles. The number of hydrazine groups is 1. The summed E-state index contributed by atoms with van der Waals surface area (Å²) in [5.41, 5.74) is 4.81. The van der Waals surface area contributed by atoms with Crippen molar-refractivity contribution >= 4 is 39.1 Å². The van der Waals surface area contributed by atoms with Gasteiger partial charge in [-0.25, -0.2) is 8.42 Å². The average Bonchev–Trinajstić information content (AvgIpc) is 3.27. The van der Waals surface area contributed by atoms with E-state index >= 15 is 0 Å². The van der Waals surface area contributed by atoms with E-state index in [1.165, 1.54) is 25.3 Å². The Morgan fingerprint density at radius 3 is 2.63 bits per heavy atom. The van der Waals surface area contributed by atoms with Crippen molar-refractivity contribution in [2.45, 2.75) is 11.3 Å².